The lowest BCUT2D eigenvalue weighted by atomic mass is 9.87. The minimum Gasteiger partial charge on any atom is -0.497 e. The first-order valence-electron chi connectivity index (χ1n) is 12.0. The number of nitrogens with zero attached hydrogens (tertiary/aromatic N) is 3. The van der Waals surface area contributed by atoms with Crippen molar-refractivity contribution >= 4 is 47.2 Å². The van der Waals surface area contributed by atoms with Crippen molar-refractivity contribution in [3.63, 3.8) is 0 Å². The Morgan fingerprint density at radius 3 is 2.21 bits per heavy atom. The molecule has 0 bridgehead atoms. The second kappa shape index (κ2) is 8.75. The van der Waals surface area contributed by atoms with E-state index >= 15 is 0 Å². The molecule has 3 aromatic carbocycles. The van der Waals surface area contributed by atoms with Crippen LogP contribution in [0.3, 0.4) is 0 Å². The number of imide groups is 1. The monoisotopic (exact) mass is 541 g/mol. The number of anilines is 1. The van der Waals surface area contributed by atoms with Crippen molar-refractivity contribution in [3.8, 4) is 22.6 Å². The van der Waals surface area contributed by atoms with Crippen LogP contribution in [0.15, 0.2) is 72.8 Å². The summed E-state index contributed by atoms with van der Waals surface area (Å²) in [4.78, 5) is 43.6. The fraction of sp³-hybridized carbons (Fsp3) is 0.172. The number of carbonyl (C=O) groups is 3. The Kier molecular flexibility index (Phi) is 5.59. The summed E-state index contributed by atoms with van der Waals surface area (Å²) in [5, 5.41) is 0. The molecule has 0 fully saturated rings. The maximum absolute atomic E-state index is 14.0. The summed E-state index contributed by atoms with van der Waals surface area (Å²) >= 11 is 7.45. The van der Waals surface area contributed by atoms with E-state index in [-0.39, 0.29) is 12.5 Å². The van der Waals surface area contributed by atoms with E-state index in [1.54, 1.807) is 36.3 Å². The number of benzene rings is 3. The van der Waals surface area contributed by atoms with E-state index in [0.29, 0.717) is 27.2 Å². The van der Waals surface area contributed by atoms with Crippen molar-refractivity contribution < 1.29 is 19.1 Å². The van der Waals surface area contributed by atoms with Gasteiger partial charge in [0, 0.05) is 17.2 Å². The third-order valence-electron chi connectivity index (χ3n) is 7.05. The highest BCUT2D eigenvalue weighted by atomic mass is 32.1. The van der Waals surface area contributed by atoms with E-state index in [1.165, 1.54) is 11.5 Å². The van der Waals surface area contributed by atoms with E-state index in [9.17, 15) is 14.4 Å². The summed E-state index contributed by atoms with van der Waals surface area (Å²) in [5.41, 5.74) is 3.12. The molecule has 2 aliphatic rings. The lowest BCUT2D eigenvalue weighted by Crippen LogP contribution is -2.52. The van der Waals surface area contributed by atoms with Gasteiger partial charge in [0.15, 0.2) is 0 Å². The van der Waals surface area contributed by atoms with E-state index in [4.69, 9.17) is 17.0 Å². The third kappa shape index (κ3) is 3.46. The van der Waals surface area contributed by atoms with Crippen LogP contribution in [0.1, 0.15) is 39.4 Å². The maximum atomic E-state index is 14.0. The number of hydrogen-bond donors (Lipinski definition) is 0. The summed E-state index contributed by atoms with van der Waals surface area (Å²) < 4.78 is 8.03. The molecule has 0 atom stereocenters. The first kappa shape index (κ1) is 24.3. The van der Waals surface area contributed by atoms with Crippen molar-refractivity contribution in [2.45, 2.75) is 19.4 Å². The predicted molar refractivity (Wildman–Crippen MR) is 149 cm³/mol. The molecule has 0 aliphatic carbocycles. The minimum absolute atomic E-state index is 0.319. The SMILES string of the molecule is COc1cccc(-n2sc3c(c2=S)-c2ccccc2N(C(=O)CN2C(=O)c4ccccc4C2=O)C3(C)C)c1. The van der Waals surface area contributed by atoms with Crippen molar-refractivity contribution in [1.29, 1.82) is 0 Å². The molecule has 190 valence electrons. The number of ether oxygens (including phenoxy) is 1. The molecule has 0 spiro atoms. The van der Waals surface area contributed by atoms with E-state index in [0.717, 1.165) is 26.6 Å². The minimum atomic E-state index is -0.804. The van der Waals surface area contributed by atoms with Crippen LogP contribution in [-0.2, 0) is 10.3 Å². The molecule has 0 saturated carbocycles. The van der Waals surface area contributed by atoms with Crippen LogP contribution in [0, 0.1) is 4.64 Å². The second-order valence-corrected chi connectivity index (χ2v) is 11.0. The normalized spacial score (nSPS) is 15.2. The summed E-state index contributed by atoms with van der Waals surface area (Å²) in [6, 6.07) is 21.9. The molecule has 1 aromatic heterocycles. The molecular weight excluding hydrogens is 518 g/mol. The van der Waals surface area contributed by atoms with Crippen molar-refractivity contribution in [1.82, 2.24) is 8.86 Å². The largest absolute Gasteiger partial charge is 0.497 e. The van der Waals surface area contributed by atoms with Crippen LogP contribution < -0.4 is 9.64 Å². The molecule has 3 heterocycles. The topological polar surface area (TPSA) is 71.8 Å². The standard InChI is InChI=1S/C29H23N3O4S2/c1-29(2)25-24(28(37)32(38-25)17-9-8-10-18(15-17)36-3)21-13-6-7-14-22(21)31(29)23(33)16-30-26(34)19-11-4-5-12-20(19)27(30)35/h4-15H,16H2,1-3H3. The quantitative estimate of drug-likeness (QED) is 0.240. The highest BCUT2D eigenvalue weighted by molar-refractivity contribution is 7.71. The fourth-order valence-electron chi connectivity index (χ4n) is 5.26. The van der Waals surface area contributed by atoms with E-state index in [1.807, 2.05) is 66.3 Å². The molecule has 0 radical (unpaired) electrons. The smallest absolute Gasteiger partial charge is 0.262 e. The highest BCUT2D eigenvalue weighted by Crippen LogP contribution is 2.51. The molecule has 3 amide bonds. The van der Waals surface area contributed by atoms with Crippen molar-refractivity contribution in [2.75, 3.05) is 18.6 Å². The summed E-state index contributed by atoms with van der Waals surface area (Å²) in [6.45, 7) is 3.56. The number of fused-ring (bicyclic) bond motifs is 4. The van der Waals surface area contributed by atoms with Gasteiger partial charge >= 0.3 is 0 Å². The molecule has 0 unspecified atom stereocenters. The lowest BCUT2D eigenvalue weighted by molar-refractivity contribution is -0.120. The number of rotatable bonds is 4. The number of hydrogen-bond acceptors (Lipinski definition) is 6. The van der Waals surface area contributed by atoms with E-state index in [2.05, 4.69) is 0 Å². The molecule has 2 aliphatic heterocycles. The number of carbonyl (C=O) groups excluding carboxylic acids is 3. The van der Waals surface area contributed by atoms with Gasteiger partial charge in [0.1, 0.15) is 16.9 Å². The van der Waals surface area contributed by atoms with Gasteiger partial charge in [0.05, 0.1) is 40.0 Å². The molecular formula is C29H23N3O4S2. The van der Waals surface area contributed by atoms with Gasteiger partial charge in [0.25, 0.3) is 11.8 Å². The highest BCUT2D eigenvalue weighted by Gasteiger charge is 2.45. The maximum Gasteiger partial charge on any atom is 0.262 e. The number of amides is 3. The van der Waals surface area contributed by atoms with Crippen LogP contribution >= 0.6 is 23.8 Å². The third-order valence-corrected chi connectivity index (χ3v) is 9.01. The lowest BCUT2D eigenvalue weighted by Gasteiger charge is -2.43. The van der Waals surface area contributed by atoms with Gasteiger partial charge in [-0.25, -0.2) is 0 Å². The van der Waals surface area contributed by atoms with Crippen LogP contribution in [0.2, 0.25) is 0 Å². The van der Waals surface area contributed by atoms with Gasteiger partial charge in [-0.15, -0.1) is 0 Å². The number of aromatic nitrogens is 1. The Balaban J connectivity index is 1.44. The van der Waals surface area contributed by atoms with Crippen LogP contribution in [0.25, 0.3) is 16.8 Å². The van der Waals surface area contributed by atoms with Gasteiger partial charge in [-0.2, -0.15) is 0 Å². The zero-order chi connectivity index (χ0) is 26.8. The van der Waals surface area contributed by atoms with Crippen molar-refractivity contribution in [3.05, 3.63) is 93.4 Å². The van der Waals surface area contributed by atoms with Gasteiger partial charge in [-0.1, -0.05) is 60.1 Å². The average molecular weight is 542 g/mol. The molecule has 6 rings (SSSR count). The Bertz CT molecular complexity index is 1680. The van der Waals surface area contributed by atoms with Gasteiger partial charge < -0.3 is 4.74 Å². The summed E-state index contributed by atoms with van der Waals surface area (Å²) in [7, 11) is 1.62. The second-order valence-electron chi connectivity index (χ2n) is 9.64. The Labute approximate surface area is 228 Å². The zero-order valence-electron chi connectivity index (χ0n) is 20.9. The fourth-order valence-corrected chi connectivity index (χ4v) is 6.94. The molecule has 9 heteroatoms. The Morgan fingerprint density at radius 2 is 1.55 bits per heavy atom. The Hall–Kier alpha value is -4.08. The zero-order valence-corrected chi connectivity index (χ0v) is 22.6. The van der Waals surface area contributed by atoms with E-state index < -0.39 is 17.4 Å². The predicted octanol–water partition coefficient (Wildman–Crippen LogP) is 5.82. The average Bonchev–Trinajstić information content (AvgIpc) is 3.39. The number of para-hydroxylation sites is 1. The number of methoxy groups -OCH3 is 1. The molecule has 0 saturated heterocycles. The van der Waals surface area contributed by atoms with Gasteiger partial charge in [-0.3, -0.25) is 28.1 Å². The molecule has 7 nitrogen and oxygen atoms in total. The van der Waals surface area contributed by atoms with Gasteiger partial charge in [0.2, 0.25) is 5.91 Å². The first-order chi connectivity index (χ1) is 18.2. The van der Waals surface area contributed by atoms with Gasteiger partial charge in [-0.05, 0) is 44.2 Å². The molecule has 38 heavy (non-hydrogen) atoms. The van der Waals surface area contributed by atoms with Crippen molar-refractivity contribution in [2.24, 2.45) is 0 Å². The van der Waals surface area contributed by atoms with Crippen LogP contribution in [-0.4, -0.2) is 40.2 Å². The summed E-state index contributed by atoms with van der Waals surface area (Å²) in [6.07, 6.45) is 0. The summed E-state index contributed by atoms with van der Waals surface area (Å²) in [5.74, 6) is -0.548. The first-order valence-corrected chi connectivity index (χ1v) is 13.2. The van der Waals surface area contributed by atoms with Crippen LogP contribution in [0.5, 0.6) is 5.75 Å². The Morgan fingerprint density at radius 1 is 0.921 bits per heavy atom. The molecule has 4 aromatic rings. The van der Waals surface area contributed by atoms with Crippen LogP contribution in [0.4, 0.5) is 5.69 Å². The molecule has 0 N–H and O–H groups in total.